The minimum Gasteiger partial charge on any atom is -0.396 e. The predicted octanol–water partition coefficient (Wildman–Crippen LogP) is 1.42. The molecule has 1 N–H and O–H groups in total. The lowest BCUT2D eigenvalue weighted by molar-refractivity contribution is -0.402. The summed E-state index contributed by atoms with van der Waals surface area (Å²) in [5.74, 6) is -0.927. The van der Waals surface area contributed by atoms with Gasteiger partial charge in [0.1, 0.15) is 4.92 Å². The monoisotopic (exact) mass is 256 g/mol. The van der Waals surface area contributed by atoms with Gasteiger partial charge < -0.3 is 14.4 Å². The number of rotatable bonds is 6. The zero-order chi connectivity index (χ0) is 13.7. The Labute approximate surface area is 104 Å². The van der Waals surface area contributed by atoms with Crippen molar-refractivity contribution in [1.29, 1.82) is 0 Å². The number of hydrogen-bond donors (Lipinski definition) is 1. The molecule has 1 aromatic heterocycles. The van der Waals surface area contributed by atoms with E-state index < -0.39 is 16.7 Å². The first-order valence-electron chi connectivity index (χ1n) is 5.63. The second kappa shape index (κ2) is 6.15. The van der Waals surface area contributed by atoms with E-state index in [4.69, 9.17) is 9.52 Å². The molecule has 7 nitrogen and oxygen atoms in total. The van der Waals surface area contributed by atoms with Gasteiger partial charge in [-0.15, -0.1) is 0 Å². The van der Waals surface area contributed by atoms with Crippen LogP contribution in [0.25, 0.3) is 0 Å². The summed E-state index contributed by atoms with van der Waals surface area (Å²) in [6.45, 7) is 4.01. The molecule has 100 valence electrons. The van der Waals surface area contributed by atoms with Crippen LogP contribution in [0.3, 0.4) is 0 Å². The molecule has 18 heavy (non-hydrogen) atoms. The normalized spacial score (nSPS) is 10.7. The summed E-state index contributed by atoms with van der Waals surface area (Å²) in [7, 11) is 0. The number of carbonyl (C=O) groups is 1. The Kier molecular flexibility index (Phi) is 4.85. The van der Waals surface area contributed by atoms with Crippen molar-refractivity contribution in [2.24, 2.45) is 0 Å². The van der Waals surface area contributed by atoms with E-state index in [1.807, 2.05) is 13.8 Å². The average molecular weight is 256 g/mol. The van der Waals surface area contributed by atoms with E-state index >= 15 is 0 Å². The molecule has 1 rings (SSSR count). The van der Waals surface area contributed by atoms with Crippen LogP contribution in [0.1, 0.15) is 30.8 Å². The largest absolute Gasteiger partial charge is 0.433 e. The van der Waals surface area contributed by atoms with E-state index in [9.17, 15) is 14.9 Å². The highest BCUT2D eigenvalue weighted by Crippen LogP contribution is 2.18. The molecule has 0 fully saturated rings. The van der Waals surface area contributed by atoms with E-state index in [-0.39, 0.29) is 18.4 Å². The van der Waals surface area contributed by atoms with Gasteiger partial charge in [-0.25, -0.2) is 0 Å². The molecule has 0 saturated heterocycles. The fourth-order valence-electron chi connectivity index (χ4n) is 1.52. The smallest absolute Gasteiger partial charge is 0.396 e. The number of nitro groups is 1. The molecule has 0 spiro atoms. The second-order valence-electron chi connectivity index (χ2n) is 4.06. The highest BCUT2D eigenvalue weighted by atomic mass is 16.6. The van der Waals surface area contributed by atoms with Crippen LogP contribution >= 0.6 is 0 Å². The van der Waals surface area contributed by atoms with Gasteiger partial charge in [0.2, 0.25) is 0 Å². The topological polar surface area (TPSA) is 96.8 Å². The van der Waals surface area contributed by atoms with Crippen LogP contribution in [-0.4, -0.2) is 40.0 Å². The minimum atomic E-state index is -0.690. The molecule has 1 amide bonds. The van der Waals surface area contributed by atoms with Gasteiger partial charge in [-0.3, -0.25) is 14.9 Å². The summed E-state index contributed by atoms with van der Waals surface area (Å²) in [6.07, 6.45) is 0.451. The summed E-state index contributed by atoms with van der Waals surface area (Å²) in [5.41, 5.74) is 0. The van der Waals surface area contributed by atoms with Gasteiger partial charge in [0, 0.05) is 19.2 Å². The molecule has 0 atom stereocenters. The van der Waals surface area contributed by atoms with E-state index in [0.717, 1.165) is 6.07 Å². The van der Waals surface area contributed by atoms with Crippen molar-refractivity contribution in [1.82, 2.24) is 4.90 Å². The molecule has 1 heterocycles. The fourth-order valence-corrected chi connectivity index (χ4v) is 1.52. The maximum Gasteiger partial charge on any atom is 0.433 e. The highest BCUT2D eigenvalue weighted by Gasteiger charge is 2.23. The zero-order valence-corrected chi connectivity index (χ0v) is 10.3. The third kappa shape index (κ3) is 3.30. The Morgan fingerprint density at radius 1 is 1.56 bits per heavy atom. The lowest BCUT2D eigenvalue weighted by Gasteiger charge is -2.25. The summed E-state index contributed by atoms with van der Waals surface area (Å²) < 4.78 is 4.87. The molecule has 7 heteroatoms. The van der Waals surface area contributed by atoms with Gasteiger partial charge in [-0.05, 0) is 26.3 Å². The van der Waals surface area contributed by atoms with Gasteiger partial charge in [-0.2, -0.15) is 0 Å². The van der Waals surface area contributed by atoms with E-state index in [0.29, 0.717) is 13.0 Å². The SMILES string of the molecule is CC(C)N(CCCO)C(=O)c1ccc([N+](=O)[O-])o1. The quantitative estimate of drug-likeness (QED) is 0.613. The highest BCUT2D eigenvalue weighted by molar-refractivity contribution is 5.91. The Balaban J connectivity index is 2.84. The van der Waals surface area contributed by atoms with Crippen molar-refractivity contribution >= 4 is 11.8 Å². The van der Waals surface area contributed by atoms with Gasteiger partial charge in [0.05, 0.1) is 6.07 Å². The maximum atomic E-state index is 12.1. The Morgan fingerprint density at radius 2 is 2.22 bits per heavy atom. The standard InChI is InChI=1S/C11H16N2O5/c1-8(2)12(6-3-7-14)11(15)9-4-5-10(18-9)13(16)17/h4-5,8,14H,3,6-7H2,1-2H3. The van der Waals surface area contributed by atoms with Crippen LogP contribution in [0.15, 0.2) is 16.5 Å². The molecule has 0 radical (unpaired) electrons. The molecule has 0 aliphatic carbocycles. The van der Waals surface area contributed by atoms with Crippen molar-refractivity contribution < 1.29 is 19.2 Å². The van der Waals surface area contributed by atoms with Gasteiger partial charge in [0.15, 0.2) is 5.76 Å². The van der Waals surface area contributed by atoms with Crippen LogP contribution in [-0.2, 0) is 0 Å². The number of carbonyl (C=O) groups excluding carboxylic acids is 1. The molecule has 1 aromatic rings. The maximum absolute atomic E-state index is 12.1. The Hall–Kier alpha value is -1.89. The summed E-state index contributed by atoms with van der Waals surface area (Å²) in [6, 6.07) is 2.36. The summed E-state index contributed by atoms with van der Waals surface area (Å²) in [5, 5.41) is 19.2. The van der Waals surface area contributed by atoms with Crippen molar-refractivity contribution in [2.45, 2.75) is 26.3 Å². The van der Waals surface area contributed by atoms with Gasteiger partial charge in [-0.1, -0.05) is 0 Å². The van der Waals surface area contributed by atoms with Crippen molar-refractivity contribution in [3.05, 3.63) is 28.0 Å². The Morgan fingerprint density at radius 3 is 2.67 bits per heavy atom. The van der Waals surface area contributed by atoms with Crippen LogP contribution in [0.5, 0.6) is 0 Å². The van der Waals surface area contributed by atoms with E-state index in [1.54, 1.807) is 0 Å². The third-order valence-electron chi connectivity index (χ3n) is 2.42. The van der Waals surface area contributed by atoms with Crippen LogP contribution in [0.4, 0.5) is 5.88 Å². The lowest BCUT2D eigenvalue weighted by Crippen LogP contribution is -2.37. The number of aliphatic hydroxyl groups excluding tert-OH is 1. The summed E-state index contributed by atoms with van der Waals surface area (Å²) in [4.78, 5) is 23.3. The molecule has 0 aliphatic heterocycles. The van der Waals surface area contributed by atoms with Crippen molar-refractivity contribution in [3.63, 3.8) is 0 Å². The zero-order valence-electron chi connectivity index (χ0n) is 10.3. The number of hydrogen-bond acceptors (Lipinski definition) is 5. The third-order valence-corrected chi connectivity index (χ3v) is 2.42. The van der Waals surface area contributed by atoms with Crippen molar-refractivity contribution in [2.75, 3.05) is 13.2 Å². The Bertz CT molecular complexity index is 427. The number of nitrogens with zero attached hydrogens (tertiary/aromatic N) is 2. The fraction of sp³-hybridized carbons (Fsp3) is 0.545. The van der Waals surface area contributed by atoms with E-state index in [2.05, 4.69) is 0 Å². The first-order valence-corrected chi connectivity index (χ1v) is 5.63. The van der Waals surface area contributed by atoms with Gasteiger partial charge >= 0.3 is 5.88 Å². The lowest BCUT2D eigenvalue weighted by atomic mass is 10.2. The van der Waals surface area contributed by atoms with Crippen LogP contribution in [0.2, 0.25) is 0 Å². The summed E-state index contributed by atoms with van der Waals surface area (Å²) >= 11 is 0. The molecule has 0 unspecified atom stereocenters. The van der Waals surface area contributed by atoms with Crippen LogP contribution in [0, 0.1) is 10.1 Å². The van der Waals surface area contributed by atoms with E-state index in [1.165, 1.54) is 11.0 Å². The minimum absolute atomic E-state index is 0.0190. The average Bonchev–Trinajstić information content (AvgIpc) is 2.78. The van der Waals surface area contributed by atoms with Crippen molar-refractivity contribution in [3.8, 4) is 0 Å². The first-order chi connectivity index (χ1) is 8.47. The molecule has 0 saturated carbocycles. The van der Waals surface area contributed by atoms with Gasteiger partial charge in [0.25, 0.3) is 5.91 Å². The molecular weight excluding hydrogens is 240 g/mol. The predicted molar refractivity (Wildman–Crippen MR) is 63.2 cm³/mol. The number of aliphatic hydroxyl groups is 1. The molecule has 0 aromatic carbocycles. The number of amides is 1. The molecule has 0 aliphatic rings. The number of furan rings is 1. The van der Waals surface area contributed by atoms with Crippen LogP contribution < -0.4 is 0 Å². The second-order valence-corrected chi connectivity index (χ2v) is 4.06. The first kappa shape index (κ1) is 14.2. The molecular formula is C11H16N2O5. The molecule has 0 bridgehead atoms.